The Morgan fingerprint density at radius 3 is 2.64 bits per heavy atom. The first-order valence-corrected chi connectivity index (χ1v) is 7.62. The van der Waals surface area contributed by atoms with Gasteiger partial charge in [-0.2, -0.15) is 10.2 Å². The minimum absolute atomic E-state index is 0.0148. The quantitative estimate of drug-likeness (QED) is 0.722. The zero-order chi connectivity index (χ0) is 15.7. The number of aromatic nitrogens is 1. The van der Waals surface area contributed by atoms with Crippen LogP contribution >= 0.6 is 8.53 Å². The van der Waals surface area contributed by atoms with Gasteiger partial charge in [-0.3, -0.25) is 4.67 Å². The van der Waals surface area contributed by atoms with Crippen LogP contribution in [0.4, 0.5) is 5.88 Å². The second-order valence-electron chi connectivity index (χ2n) is 4.60. The van der Waals surface area contributed by atoms with Gasteiger partial charge in [0.2, 0.25) is 17.5 Å². The number of rotatable bonds is 3. The maximum Gasteiger partial charge on any atom is 0.286 e. The monoisotopic (exact) mass is 313 g/mol. The topological polar surface area (TPSA) is 93.5 Å². The third-order valence-corrected chi connectivity index (χ3v) is 4.02. The Morgan fingerprint density at radius 2 is 1.91 bits per heavy atom. The zero-order valence-corrected chi connectivity index (χ0v) is 12.5. The molecule has 0 spiro atoms. The minimum atomic E-state index is -2.40. The number of fused-ring (bicyclic) bond motifs is 1. The van der Waals surface area contributed by atoms with Gasteiger partial charge in [-0.1, -0.05) is 36.4 Å². The fraction of sp³-hybridized carbons (Fsp3) is 0.0667. The van der Waals surface area contributed by atoms with E-state index in [1.165, 1.54) is 7.05 Å². The molecule has 1 aromatic heterocycles. The van der Waals surface area contributed by atoms with E-state index in [1.807, 2.05) is 48.5 Å². The number of benzene rings is 2. The highest BCUT2D eigenvalue weighted by Gasteiger charge is 2.22. The minimum Gasteiger partial charge on any atom is -0.419 e. The Bertz CT molecular complexity index is 865. The fourth-order valence-electron chi connectivity index (χ4n) is 2.21. The molecule has 3 rings (SSSR count). The molecule has 0 fully saturated rings. The summed E-state index contributed by atoms with van der Waals surface area (Å²) in [4.78, 5) is 22.8. The van der Waals surface area contributed by atoms with Crippen molar-refractivity contribution in [1.82, 2.24) is 4.98 Å². The first-order valence-electron chi connectivity index (χ1n) is 6.42. The van der Waals surface area contributed by atoms with Crippen LogP contribution in [0.2, 0.25) is 0 Å². The second kappa shape index (κ2) is 5.74. The molecule has 0 unspecified atom stereocenters. The molecule has 0 atom stereocenters. The largest absolute Gasteiger partial charge is 0.419 e. The number of hydrogen-bond acceptors (Lipinski definition) is 6. The molecule has 6 nitrogen and oxygen atoms in total. The zero-order valence-electron chi connectivity index (χ0n) is 11.6. The second-order valence-corrected chi connectivity index (χ2v) is 5.74. The maximum absolute atomic E-state index is 9.29. The standard InChI is InChI=1S/C15H12N3O3P/c1-18(22(19)20)15-13(9-16)17-14(21-15)12-8-4-6-10-5-2-3-7-11(10)12/h2-8,19-20H,1H3. The summed E-state index contributed by atoms with van der Waals surface area (Å²) < 4.78 is 6.70. The molecule has 0 radical (unpaired) electrons. The van der Waals surface area contributed by atoms with Crippen molar-refractivity contribution >= 4 is 25.2 Å². The van der Waals surface area contributed by atoms with E-state index in [9.17, 15) is 9.79 Å². The smallest absolute Gasteiger partial charge is 0.286 e. The lowest BCUT2D eigenvalue weighted by atomic mass is 10.0. The van der Waals surface area contributed by atoms with Crippen molar-refractivity contribution < 1.29 is 14.2 Å². The molecule has 0 aliphatic heterocycles. The van der Waals surface area contributed by atoms with E-state index < -0.39 is 8.53 Å². The molecule has 0 aliphatic rings. The third-order valence-electron chi connectivity index (χ3n) is 3.30. The average molecular weight is 313 g/mol. The molecule has 0 saturated heterocycles. The summed E-state index contributed by atoms with van der Waals surface area (Å²) >= 11 is 0. The van der Waals surface area contributed by atoms with Crippen molar-refractivity contribution in [3.63, 3.8) is 0 Å². The van der Waals surface area contributed by atoms with Crippen LogP contribution in [0, 0.1) is 11.3 Å². The van der Waals surface area contributed by atoms with Gasteiger partial charge < -0.3 is 14.2 Å². The first kappa shape index (κ1) is 14.5. The van der Waals surface area contributed by atoms with Crippen LogP contribution in [0.15, 0.2) is 46.9 Å². The van der Waals surface area contributed by atoms with E-state index >= 15 is 0 Å². The molecule has 1 heterocycles. The van der Waals surface area contributed by atoms with E-state index in [1.54, 1.807) is 0 Å². The molecule has 3 aromatic rings. The summed E-state index contributed by atoms with van der Waals surface area (Å²) in [6, 6.07) is 15.4. The van der Waals surface area contributed by atoms with E-state index in [4.69, 9.17) is 9.68 Å². The molecule has 2 aromatic carbocycles. The van der Waals surface area contributed by atoms with Crippen LogP contribution in [-0.4, -0.2) is 21.8 Å². The van der Waals surface area contributed by atoms with Crippen molar-refractivity contribution in [1.29, 1.82) is 5.26 Å². The molecule has 2 N–H and O–H groups in total. The fourth-order valence-corrected chi connectivity index (χ4v) is 2.51. The van der Waals surface area contributed by atoms with Gasteiger partial charge in [0.05, 0.1) is 0 Å². The number of anilines is 1. The molecule has 7 heteroatoms. The van der Waals surface area contributed by atoms with Gasteiger partial charge in [0.15, 0.2) is 0 Å². The number of nitrogens with zero attached hydrogens (tertiary/aromatic N) is 3. The van der Waals surface area contributed by atoms with Gasteiger partial charge in [0.1, 0.15) is 6.07 Å². The lowest BCUT2D eigenvalue weighted by molar-refractivity contribution is 0.473. The maximum atomic E-state index is 9.29. The van der Waals surface area contributed by atoms with Crippen LogP contribution in [0.25, 0.3) is 22.2 Å². The van der Waals surface area contributed by atoms with Gasteiger partial charge in [-0.25, -0.2) is 0 Å². The van der Waals surface area contributed by atoms with Crippen molar-refractivity contribution in [3.05, 3.63) is 48.2 Å². The van der Waals surface area contributed by atoms with Crippen LogP contribution < -0.4 is 4.67 Å². The Hall–Kier alpha value is -2.45. The molecule has 110 valence electrons. The highest BCUT2D eigenvalue weighted by atomic mass is 31.2. The summed E-state index contributed by atoms with van der Waals surface area (Å²) in [7, 11) is -0.971. The highest BCUT2D eigenvalue weighted by molar-refractivity contribution is 7.47. The molecule has 0 aliphatic carbocycles. The summed E-state index contributed by atoms with van der Waals surface area (Å²) in [5, 5.41) is 11.1. The van der Waals surface area contributed by atoms with Gasteiger partial charge in [-0.05, 0) is 16.8 Å². The Morgan fingerprint density at radius 1 is 1.18 bits per heavy atom. The average Bonchev–Trinajstić information content (AvgIpc) is 2.97. The van der Waals surface area contributed by atoms with Crippen LogP contribution in [0.3, 0.4) is 0 Å². The highest BCUT2D eigenvalue weighted by Crippen LogP contribution is 2.39. The third kappa shape index (κ3) is 2.42. The molecule has 0 amide bonds. The molecular weight excluding hydrogens is 301 g/mol. The molecular formula is C15H12N3O3P. The van der Waals surface area contributed by atoms with Crippen molar-refractivity contribution in [2.24, 2.45) is 0 Å². The van der Waals surface area contributed by atoms with Crippen LogP contribution in [0.1, 0.15) is 5.69 Å². The summed E-state index contributed by atoms with van der Waals surface area (Å²) in [5.74, 6) is 0.314. The lowest BCUT2D eigenvalue weighted by Gasteiger charge is -2.15. The predicted octanol–water partition coefficient (Wildman–Crippen LogP) is 3.01. The molecule has 0 bridgehead atoms. The van der Waals surface area contributed by atoms with Crippen LogP contribution in [0.5, 0.6) is 0 Å². The Labute approximate surface area is 127 Å². The summed E-state index contributed by atoms with van der Waals surface area (Å²) in [6.45, 7) is 0. The van der Waals surface area contributed by atoms with E-state index in [-0.39, 0.29) is 17.5 Å². The first-order chi connectivity index (χ1) is 10.6. The Balaban J connectivity index is 2.18. The van der Waals surface area contributed by atoms with E-state index in [2.05, 4.69) is 4.98 Å². The summed E-state index contributed by atoms with van der Waals surface area (Å²) in [6.07, 6.45) is 0. The Kier molecular flexibility index (Phi) is 3.78. The van der Waals surface area contributed by atoms with Gasteiger partial charge in [-0.15, -0.1) is 0 Å². The molecule has 0 saturated carbocycles. The van der Waals surface area contributed by atoms with Gasteiger partial charge >= 0.3 is 0 Å². The molecule has 22 heavy (non-hydrogen) atoms. The van der Waals surface area contributed by atoms with Crippen molar-refractivity contribution in [2.45, 2.75) is 0 Å². The van der Waals surface area contributed by atoms with Crippen molar-refractivity contribution in [3.8, 4) is 17.5 Å². The predicted molar refractivity (Wildman–Crippen MR) is 83.9 cm³/mol. The SMILES string of the molecule is CN(c1oc(-c2cccc3ccccc23)nc1C#N)P(O)O. The lowest BCUT2D eigenvalue weighted by Crippen LogP contribution is -2.09. The van der Waals surface area contributed by atoms with E-state index in [0.29, 0.717) is 0 Å². The van der Waals surface area contributed by atoms with Crippen LogP contribution in [-0.2, 0) is 0 Å². The van der Waals surface area contributed by atoms with E-state index in [0.717, 1.165) is 21.0 Å². The number of oxazole rings is 1. The number of nitriles is 1. The number of hydrogen-bond donors (Lipinski definition) is 2. The van der Waals surface area contributed by atoms with Gasteiger partial charge in [0.25, 0.3) is 8.53 Å². The normalized spacial score (nSPS) is 10.9. The summed E-state index contributed by atoms with van der Waals surface area (Å²) in [5.41, 5.74) is 0.760. The van der Waals surface area contributed by atoms with Gasteiger partial charge in [0, 0.05) is 12.6 Å². The van der Waals surface area contributed by atoms with Crippen molar-refractivity contribution in [2.75, 3.05) is 11.7 Å².